The third-order valence-electron chi connectivity index (χ3n) is 11.8. The number of benzene rings is 1. The van der Waals surface area contributed by atoms with Crippen LogP contribution in [0.1, 0.15) is 69.4 Å². The molecule has 1 aromatic rings. The molecule has 6 atom stereocenters. The van der Waals surface area contributed by atoms with Crippen molar-refractivity contribution in [3.63, 3.8) is 0 Å². The van der Waals surface area contributed by atoms with Crippen LogP contribution in [0.15, 0.2) is 47.6 Å². The Bertz CT molecular complexity index is 1120. The van der Waals surface area contributed by atoms with Crippen LogP contribution in [0, 0.1) is 11.3 Å². The van der Waals surface area contributed by atoms with E-state index in [1.165, 1.54) is 64.3 Å². The van der Waals surface area contributed by atoms with Gasteiger partial charge < -0.3 is 9.47 Å². The second-order valence-corrected chi connectivity index (χ2v) is 13.2. The van der Waals surface area contributed by atoms with E-state index in [1.807, 2.05) is 0 Å². The molecule has 2 bridgehead atoms. The fourth-order valence-corrected chi connectivity index (χ4v) is 9.99. The third-order valence-corrected chi connectivity index (χ3v) is 11.8. The van der Waals surface area contributed by atoms with Crippen LogP contribution in [0.3, 0.4) is 0 Å². The minimum Gasteiger partial charge on any atom is -0.379 e. The van der Waals surface area contributed by atoms with E-state index in [4.69, 9.17) is 9.47 Å². The van der Waals surface area contributed by atoms with Crippen molar-refractivity contribution in [2.75, 3.05) is 32.8 Å². The molecule has 4 nitrogen and oxygen atoms in total. The first-order chi connectivity index (χ1) is 17.6. The van der Waals surface area contributed by atoms with E-state index in [-0.39, 0.29) is 11.2 Å². The molecular weight excluding hydrogens is 444 g/mol. The zero-order valence-corrected chi connectivity index (χ0v) is 22.0. The number of ether oxygens (including phenoxy) is 2. The molecule has 8 rings (SSSR count). The predicted molar refractivity (Wildman–Crippen MR) is 142 cm³/mol. The van der Waals surface area contributed by atoms with Gasteiger partial charge in [-0.05, 0) is 91.4 Å². The first kappa shape index (κ1) is 22.5. The van der Waals surface area contributed by atoms with E-state index in [9.17, 15) is 0 Å². The van der Waals surface area contributed by atoms with E-state index in [2.05, 4.69) is 53.1 Å². The zero-order valence-electron chi connectivity index (χ0n) is 22.0. The first-order valence-corrected chi connectivity index (χ1v) is 14.8. The topological polar surface area (TPSA) is 24.9 Å². The number of fused-ring (bicyclic) bond motifs is 2. The lowest BCUT2D eigenvalue weighted by Gasteiger charge is -2.56. The quantitative estimate of drug-likeness (QED) is 0.568. The van der Waals surface area contributed by atoms with Crippen LogP contribution in [-0.2, 0) is 22.4 Å². The number of hydrogen-bond donors (Lipinski definition) is 0. The lowest BCUT2D eigenvalue weighted by molar-refractivity contribution is -0.147. The summed E-state index contributed by atoms with van der Waals surface area (Å²) in [4.78, 5) is 5.56. The maximum Gasteiger partial charge on any atom is 0.0975 e. The second kappa shape index (κ2) is 8.02. The smallest absolute Gasteiger partial charge is 0.0975 e. The summed E-state index contributed by atoms with van der Waals surface area (Å²) in [7, 11) is 0. The molecule has 2 spiro atoms. The first-order valence-electron chi connectivity index (χ1n) is 14.8. The third kappa shape index (κ3) is 3.08. The summed E-state index contributed by atoms with van der Waals surface area (Å²) >= 11 is 0. The van der Waals surface area contributed by atoms with Gasteiger partial charge in [0.1, 0.15) is 0 Å². The van der Waals surface area contributed by atoms with Gasteiger partial charge in [0.15, 0.2) is 0 Å². The van der Waals surface area contributed by atoms with Crippen LogP contribution in [0.4, 0.5) is 0 Å². The fourth-order valence-electron chi connectivity index (χ4n) is 9.99. The van der Waals surface area contributed by atoms with Gasteiger partial charge in [-0.25, -0.2) is 0 Å². The van der Waals surface area contributed by atoms with E-state index in [1.54, 1.807) is 22.3 Å². The Morgan fingerprint density at radius 3 is 2.67 bits per heavy atom. The summed E-state index contributed by atoms with van der Waals surface area (Å²) in [5.41, 5.74) is 6.57. The SMILES string of the molecule is C[C@]12CC=C3C=C4CC[C@H](N5CCOCC5)C[C@]45CCC3(O5)[C@@H]1CC[C@@H]2N1CCc2ccccc2C1. The van der Waals surface area contributed by atoms with Crippen molar-refractivity contribution < 1.29 is 9.47 Å². The normalized spacial score (nSPS) is 44.2. The number of allylic oxidation sites excluding steroid dienone is 1. The summed E-state index contributed by atoms with van der Waals surface area (Å²) < 4.78 is 13.2. The molecule has 0 N–H and O–H groups in total. The number of morpholine rings is 1. The van der Waals surface area contributed by atoms with Gasteiger partial charge in [-0.3, -0.25) is 9.80 Å². The maximum atomic E-state index is 7.56. The average molecular weight is 487 g/mol. The molecule has 192 valence electrons. The highest BCUT2D eigenvalue weighted by Gasteiger charge is 2.67. The van der Waals surface area contributed by atoms with Crippen molar-refractivity contribution in [2.45, 2.75) is 94.5 Å². The predicted octanol–water partition coefficient (Wildman–Crippen LogP) is 5.27. The molecule has 0 radical (unpaired) electrons. The molecule has 4 heterocycles. The minimum absolute atomic E-state index is 0.00103. The Morgan fingerprint density at radius 2 is 1.78 bits per heavy atom. The Morgan fingerprint density at radius 1 is 0.917 bits per heavy atom. The molecule has 36 heavy (non-hydrogen) atoms. The number of rotatable bonds is 2. The Kier molecular flexibility index (Phi) is 5.02. The van der Waals surface area contributed by atoms with Gasteiger partial charge in [-0.1, -0.05) is 43.3 Å². The van der Waals surface area contributed by atoms with Gasteiger partial charge in [0.05, 0.1) is 24.4 Å². The Hall–Kier alpha value is -1.46. The van der Waals surface area contributed by atoms with Crippen LogP contribution >= 0.6 is 0 Å². The molecule has 0 amide bonds. The Labute approximate surface area is 216 Å². The highest BCUT2D eigenvalue weighted by molar-refractivity contribution is 5.47. The van der Waals surface area contributed by atoms with E-state index < -0.39 is 0 Å². The molecule has 0 aromatic heterocycles. The van der Waals surface area contributed by atoms with Gasteiger partial charge in [0.2, 0.25) is 0 Å². The molecule has 1 unspecified atom stereocenters. The van der Waals surface area contributed by atoms with Gasteiger partial charge >= 0.3 is 0 Å². The van der Waals surface area contributed by atoms with E-state index in [0.717, 1.165) is 32.8 Å². The summed E-state index contributed by atoms with van der Waals surface area (Å²) in [6.07, 6.45) is 16.5. The number of hydrogen-bond acceptors (Lipinski definition) is 4. The van der Waals surface area contributed by atoms with Crippen LogP contribution in [-0.4, -0.2) is 65.9 Å². The highest BCUT2D eigenvalue weighted by Crippen LogP contribution is 2.67. The van der Waals surface area contributed by atoms with Crippen molar-refractivity contribution in [1.82, 2.24) is 9.80 Å². The highest BCUT2D eigenvalue weighted by atomic mass is 16.5. The van der Waals surface area contributed by atoms with Crippen LogP contribution < -0.4 is 0 Å². The summed E-state index contributed by atoms with van der Waals surface area (Å²) in [6, 6.07) is 10.5. The molecule has 2 saturated carbocycles. The zero-order chi connectivity index (χ0) is 24.0. The van der Waals surface area contributed by atoms with Crippen LogP contribution in [0.25, 0.3) is 0 Å². The van der Waals surface area contributed by atoms with Crippen molar-refractivity contribution in [1.29, 1.82) is 0 Å². The lowest BCUT2D eigenvalue weighted by atomic mass is 9.59. The van der Waals surface area contributed by atoms with Crippen molar-refractivity contribution in [2.24, 2.45) is 11.3 Å². The summed E-state index contributed by atoms with van der Waals surface area (Å²) in [5.74, 6) is 0.646. The summed E-state index contributed by atoms with van der Waals surface area (Å²) in [5, 5.41) is 0. The molecule has 4 heteroatoms. The van der Waals surface area contributed by atoms with Gasteiger partial charge in [-0.2, -0.15) is 0 Å². The van der Waals surface area contributed by atoms with Gasteiger partial charge in [0, 0.05) is 38.3 Å². The van der Waals surface area contributed by atoms with Gasteiger partial charge in [-0.15, -0.1) is 0 Å². The van der Waals surface area contributed by atoms with E-state index in [0.29, 0.717) is 23.4 Å². The lowest BCUT2D eigenvalue weighted by Crippen LogP contribution is -2.58. The largest absolute Gasteiger partial charge is 0.379 e. The van der Waals surface area contributed by atoms with Gasteiger partial charge in [0.25, 0.3) is 0 Å². The molecule has 4 aliphatic heterocycles. The molecule has 7 aliphatic rings. The minimum atomic E-state index is -0.0359. The molecule has 3 aliphatic carbocycles. The molecule has 2 saturated heterocycles. The molecule has 1 aromatic carbocycles. The van der Waals surface area contributed by atoms with E-state index >= 15 is 0 Å². The Balaban J connectivity index is 1.09. The van der Waals surface area contributed by atoms with Crippen LogP contribution in [0.5, 0.6) is 0 Å². The van der Waals surface area contributed by atoms with Crippen molar-refractivity contribution >= 4 is 0 Å². The van der Waals surface area contributed by atoms with Crippen molar-refractivity contribution in [3.8, 4) is 0 Å². The second-order valence-electron chi connectivity index (χ2n) is 13.2. The standard InChI is InChI=1S/C32H42N2O2/c1-30-12-10-26-20-25-6-7-27(33-16-18-35-19-17-33)21-31(25)13-14-32(26,36-31)28(30)8-9-29(30)34-15-11-23-4-2-3-5-24(23)22-34/h2-5,10,20,27-29H,6-9,11-19,21-22H2,1H3/t27-,28+,29-,30-,31+,32?/m0/s1. The van der Waals surface area contributed by atoms with Crippen LogP contribution in [0.2, 0.25) is 0 Å². The molecular formula is C32H42N2O2. The van der Waals surface area contributed by atoms with Crippen molar-refractivity contribution in [3.05, 3.63) is 58.7 Å². The monoisotopic (exact) mass is 486 g/mol. The molecule has 4 fully saturated rings. The fraction of sp³-hybridized carbons (Fsp3) is 0.688. The maximum absolute atomic E-state index is 7.56. The average Bonchev–Trinajstić information content (AvgIpc) is 3.43. The summed E-state index contributed by atoms with van der Waals surface area (Å²) in [6.45, 7) is 8.95. The number of nitrogens with zero attached hydrogens (tertiary/aromatic N) is 2.